The Balaban J connectivity index is 2.90. The fraction of sp³-hybridized carbons (Fsp3) is 0.300. The van der Waals surface area contributed by atoms with E-state index in [0.717, 1.165) is 11.1 Å². The van der Waals surface area contributed by atoms with Crippen LogP contribution in [-0.4, -0.2) is 17.7 Å². The molecule has 0 aliphatic rings. The van der Waals surface area contributed by atoms with Crippen molar-refractivity contribution in [3.63, 3.8) is 0 Å². The second-order valence-corrected chi connectivity index (χ2v) is 3.45. The van der Waals surface area contributed by atoms with Crippen LogP contribution in [0.2, 0.25) is 5.02 Å². The molecule has 1 rings (SSSR count). The van der Waals surface area contributed by atoms with Crippen LogP contribution in [0.3, 0.4) is 0 Å². The third-order valence-electron chi connectivity index (χ3n) is 1.72. The first-order valence-corrected chi connectivity index (χ1v) is 4.50. The zero-order valence-electron chi connectivity index (χ0n) is 8.00. The second kappa shape index (κ2) is 4.33. The van der Waals surface area contributed by atoms with Crippen molar-refractivity contribution in [1.29, 1.82) is 0 Å². The summed E-state index contributed by atoms with van der Waals surface area (Å²) in [6.45, 7) is 3.38. The molecule has 0 unspecified atom stereocenters. The highest BCUT2D eigenvalue weighted by molar-refractivity contribution is 6.32. The van der Waals surface area contributed by atoms with E-state index in [-0.39, 0.29) is 6.61 Å². The van der Waals surface area contributed by atoms with Crippen molar-refractivity contribution >= 4 is 17.6 Å². The van der Waals surface area contributed by atoms with Crippen molar-refractivity contribution < 1.29 is 14.6 Å². The molecule has 0 aliphatic heterocycles. The molecular formula is C10H11ClO3. The number of rotatable bonds is 3. The molecule has 0 aromatic heterocycles. The van der Waals surface area contributed by atoms with Gasteiger partial charge in [-0.3, -0.25) is 0 Å². The van der Waals surface area contributed by atoms with Crippen LogP contribution in [-0.2, 0) is 4.79 Å². The van der Waals surface area contributed by atoms with Gasteiger partial charge in [0.05, 0.1) is 5.02 Å². The Morgan fingerprint density at radius 1 is 1.50 bits per heavy atom. The zero-order valence-corrected chi connectivity index (χ0v) is 8.76. The number of benzene rings is 1. The average Bonchev–Trinajstić information content (AvgIpc) is 2.08. The van der Waals surface area contributed by atoms with Crippen molar-refractivity contribution in [1.82, 2.24) is 0 Å². The molecule has 0 saturated heterocycles. The third-order valence-corrected chi connectivity index (χ3v) is 2.20. The zero-order chi connectivity index (χ0) is 10.7. The predicted molar refractivity (Wildman–Crippen MR) is 54.1 cm³/mol. The predicted octanol–water partition coefficient (Wildman–Crippen LogP) is 2.42. The lowest BCUT2D eigenvalue weighted by atomic mass is 10.1. The molecule has 4 heteroatoms. The van der Waals surface area contributed by atoms with Crippen molar-refractivity contribution in [2.24, 2.45) is 0 Å². The van der Waals surface area contributed by atoms with Crippen LogP contribution in [0.25, 0.3) is 0 Å². The summed E-state index contributed by atoms with van der Waals surface area (Å²) in [5.74, 6) is -0.591. The number of carbonyl (C=O) groups is 1. The first kappa shape index (κ1) is 10.9. The van der Waals surface area contributed by atoms with Crippen LogP contribution in [0.5, 0.6) is 5.75 Å². The minimum atomic E-state index is -1.01. The summed E-state index contributed by atoms with van der Waals surface area (Å²) in [5, 5.41) is 8.91. The number of carboxylic acid groups (broad SMARTS) is 1. The fourth-order valence-electron chi connectivity index (χ4n) is 1.16. The highest BCUT2D eigenvalue weighted by Crippen LogP contribution is 2.29. The molecule has 1 N–H and O–H groups in total. The Labute approximate surface area is 87.3 Å². The van der Waals surface area contributed by atoms with Crippen molar-refractivity contribution in [2.75, 3.05) is 6.61 Å². The smallest absolute Gasteiger partial charge is 0.341 e. The van der Waals surface area contributed by atoms with Gasteiger partial charge in [0.25, 0.3) is 0 Å². The molecule has 0 bridgehead atoms. The van der Waals surface area contributed by atoms with Crippen molar-refractivity contribution in [2.45, 2.75) is 13.8 Å². The summed E-state index contributed by atoms with van der Waals surface area (Å²) in [4.78, 5) is 10.3. The minimum Gasteiger partial charge on any atom is -0.480 e. The van der Waals surface area contributed by atoms with Gasteiger partial charge >= 0.3 is 5.97 Å². The summed E-state index contributed by atoms with van der Waals surface area (Å²) >= 11 is 5.93. The van der Waals surface area contributed by atoms with Gasteiger partial charge in [-0.05, 0) is 31.0 Å². The molecule has 14 heavy (non-hydrogen) atoms. The van der Waals surface area contributed by atoms with Gasteiger partial charge in [0.2, 0.25) is 0 Å². The number of aryl methyl sites for hydroxylation is 2. The van der Waals surface area contributed by atoms with Crippen LogP contribution in [0.4, 0.5) is 0 Å². The Morgan fingerprint density at radius 2 is 2.14 bits per heavy atom. The summed E-state index contributed by atoms with van der Waals surface area (Å²) in [6, 6.07) is 3.63. The minimum absolute atomic E-state index is 0.372. The standard InChI is InChI=1S/C10H11ClO3/c1-6-3-7(2)10(11)8(4-6)14-5-9(12)13/h3-4H,5H2,1-2H3,(H,12,13). The van der Waals surface area contributed by atoms with Gasteiger partial charge in [0.15, 0.2) is 6.61 Å². The van der Waals surface area contributed by atoms with Crippen molar-refractivity contribution in [3.05, 3.63) is 28.3 Å². The van der Waals surface area contributed by atoms with E-state index >= 15 is 0 Å². The van der Waals surface area contributed by atoms with Gasteiger partial charge in [-0.25, -0.2) is 4.79 Å². The Bertz CT molecular complexity index is 361. The maximum Gasteiger partial charge on any atom is 0.341 e. The van der Waals surface area contributed by atoms with E-state index in [1.165, 1.54) is 0 Å². The molecule has 0 fully saturated rings. The normalized spacial score (nSPS) is 9.93. The number of halogens is 1. The van der Waals surface area contributed by atoms with Crippen LogP contribution in [0, 0.1) is 13.8 Å². The Hall–Kier alpha value is -1.22. The highest BCUT2D eigenvalue weighted by Gasteiger charge is 2.07. The lowest BCUT2D eigenvalue weighted by Gasteiger charge is -2.08. The van der Waals surface area contributed by atoms with E-state index in [0.29, 0.717) is 10.8 Å². The number of carboxylic acids is 1. The average molecular weight is 215 g/mol. The lowest BCUT2D eigenvalue weighted by molar-refractivity contribution is -0.139. The molecule has 0 saturated carbocycles. The SMILES string of the molecule is Cc1cc(C)c(Cl)c(OCC(=O)O)c1. The van der Waals surface area contributed by atoms with E-state index in [1.54, 1.807) is 6.07 Å². The summed E-state index contributed by atoms with van der Waals surface area (Å²) in [5.41, 5.74) is 1.87. The number of hydrogen-bond donors (Lipinski definition) is 1. The molecule has 0 aliphatic carbocycles. The van der Waals surface area contributed by atoms with Crippen LogP contribution in [0.1, 0.15) is 11.1 Å². The number of aliphatic carboxylic acids is 1. The molecule has 1 aromatic rings. The monoisotopic (exact) mass is 214 g/mol. The maximum absolute atomic E-state index is 10.3. The largest absolute Gasteiger partial charge is 0.480 e. The molecular weight excluding hydrogens is 204 g/mol. The van der Waals surface area contributed by atoms with E-state index in [2.05, 4.69) is 0 Å². The fourth-order valence-corrected chi connectivity index (χ4v) is 1.32. The van der Waals surface area contributed by atoms with Crippen LogP contribution in [0.15, 0.2) is 12.1 Å². The van der Waals surface area contributed by atoms with E-state index < -0.39 is 5.97 Å². The Kier molecular flexibility index (Phi) is 3.36. The van der Waals surface area contributed by atoms with Gasteiger partial charge in [0.1, 0.15) is 5.75 Å². The lowest BCUT2D eigenvalue weighted by Crippen LogP contribution is -2.09. The summed E-state index contributed by atoms with van der Waals surface area (Å²) in [6.07, 6.45) is 0. The van der Waals surface area contributed by atoms with Gasteiger partial charge in [-0.1, -0.05) is 17.7 Å². The van der Waals surface area contributed by atoms with Crippen LogP contribution >= 0.6 is 11.6 Å². The quantitative estimate of drug-likeness (QED) is 0.841. The van der Waals surface area contributed by atoms with Gasteiger partial charge < -0.3 is 9.84 Å². The van der Waals surface area contributed by atoms with Crippen molar-refractivity contribution in [3.8, 4) is 5.75 Å². The second-order valence-electron chi connectivity index (χ2n) is 3.08. The van der Waals surface area contributed by atoms with E-state index in [1.807, 2.05) is 19.9 Å². The Morgan fingerprint density at radius 3 is 2.71 bits per heavy atom. The molecule has 0 spiro atoms. The third kappa shape index (κ3) is 2.64. The van der Waals surface area contributed by atoms with Crippen LogP contribution < -0.4 is 4.74 Å². The number of ether oxygens (including phenoxy) is 1. The van der Waals surface area contributed by atoms with Gasteiger partial charge in [0, 0.05) is 0 Å². The molecule has 1 aromatic carbocycles. The molecule has 0 radical (unpaired) electrons. The molecule has 0 amide bonds. The first-order chi connectivity index (χ1) is 6.50. The van der Waals surface area contributed by atoms with E-state index in [4.69, 9.17) is 21.4 Å². The topological polar surface area (TPSA) is 46.5 Å². The number of hydrogen-bond acceptors (Lipinski definition) is 2. The summed E-state index contributed by atoms with van der Waals surface area (Å²) in [7, 11) is 0. The first-order valence-electron chi connectivity index (χ1n) is 4.12. The van der Waals surface area contributed by atoms with Gasteiger partial charge in [-0.15, -0.1) is 0 Å². The molecule has 0 atom stereocenters. The highest BCUT2D eigenvalue weighted by atomic mass is 35.5. The van der Waals surface area contributed by atoms with E-state index in [9.17, 15) is 4.79 Å². The molecule has 3 nitrogen and oxygen atoms in total. The maximum atomic E-state index is 10.3. The van der Waals surface area contributed by atoms with Gasteiger partial charge in [-0.2, -0.15) is 0 Å². The summed E-state index contributed by atoms with van der Waals surface area (Å²) < 4.78 is 5.03. The molecule has 0 heterocycles. The molecule has 76 valence electrons.